The molecule has 4 nitrogen and oxygen atoms in total. The van der Waals surface area contributed by atoms with E-state index in [1.165, 1.54) is 11.0 Å². The lowest BCUT2D eigenvalue weighted by Crippen LogP contribution is -2.46. The van der Waals surface area contributed by atoms with Crippen LogP contribution in [0.15, 0.2) is 109 Å². The molecule has 38 heavy (non-hydrogen) atoms. The van der Waals surface area contributed by atoms with E-state index in [2.05, 4.69) is 91.9 Å². The average Bonchev–Trinajstić information content (AvgIpc) is 2.98. The highest BCUT2D eigenvalue weighted by Crippen LogP contribution is 2.06. The predicted octanol–water partition coefficient (Wildman–Crippen LogP) is 3.06. The van der Waals surface area contributed by atoms with E-state index in [1.54, 1.807) is 0 Å². The minimum absolute atomic E-state index is 0.0949. The molecule has 4 aromatic rings. The van der Waals surface area contributed by atoms with Gasteiger partial charge in [-0.2, -0.15) is 0 Å². The Kier molecular flexibility index (Phi) is 11.2. The molecule has 2 N–H and O–H groups in total. The maximum atomic E-state index is 6.29. The van der Waals surface area contributed by atoms with Gasteiger partial charge in [0.25, 0.3) is 0 Å². The molecule has 0 radical (unpaired) electrons. The Balaban J connectivity index is 1.36. The number of nitrogens with two attached hydrogens (primary N) is 1. The highest BCUT2D eigenvalue weighted by molar-refractivity contribution is 6.80. The van der Waals surface area contributed by atoms with Crippen LogP contribution in [-0.2, 0) is 27.1 Å². The van der Waals surface area contributed by atoms with E-state index in [9.17, 15) is 0 Å². The standard InChI is InChI=1S/C32H37B2NO3/c1-2-23-37-34(30-14-7-4-8-15-30)32-16-10-9-11-28(32)26-36-24-21-27-17-19-31(20-18-27)33(38-25-22-35)29-12-5-3-6-13-29/h3-20H,2,21-26,35H2,1H3. The smallest absolute Gasteiger partial charge is 0.362 e. The van der Waals surface area contributed by atoms with Crippen LogP contribution in [0.3, 0.4) is 0 Å². The van der Waals surface area contributed by atoms with Crippen LogP contribution in [-0.4, -0.2) is 40.2 Å². The number of rotatable bonds is 15. The molecule has 0 aliphatic heterocycles. The second-order valence-corrected chi connectivity index (χ2v) is 9.35. The monoisotopic (exact) mass is 505 g/mol. The van der Waals surface area contributed by atoms with Crippen LogP contribution in [0.4, 0.5) is 0 Å². The summed E-state index contributed by atoms with van der Waals surface area (Å²) in [6, 6.07) is 37.8. The summed E-state index contributed by atoms with van der Waals surface area (Å²) in [5.74, 6) is 0. The Hall–Kier alpha value is -3.15. The van der Waals surface area contributed by atoms with Gasteiger partial charge in [0, 0.05) is 19.8 Å². The lowest BCUT2D eigenvalue weighted by Gasteiger charge is -2.18. The third-order valence-corrected chi connectivity index (χ3v) is 6.51. The van der Waals surface area contributed by atoms with Gasteiger partial charge < -0.3 is 19.8 Å². The van der Waals surface area contributed by atoms with Crippen molar-refractivity contribution in [2.24, 2.45) is 5.73 Å². The van der Waals surface area contributed by atoms with E-state index in [1.807, 2.05) is 24.3 Å². The topological polar surface area (TPSA) is 53.7 Å². The molecule has 0 spiro atoms. The van der Waals surface area contributed by atoms with Crippen molar-refractivity contribution in [1.29, 1.82) is 0 Å². The number of hydrogen-bond acceptors (Lipinski definition) is 4. The molecular formula is C32H37B2NO3. The van der Waals surface area contributed by atoms with Crippen molar-refractivity contribution < 1.29 is 14.0 Å². The molecule has 0 saturated heterocycles. The maximum absolute atomic E-state index is 6.29. The zero-order valence-corrected chi connectivity index (χ0v) is 22.3. The first-order valence-electron chi connectivity index (χ1n) is 13.6. The van der Waals surface area contributed by atoms with Crippen molar-refractivity contribution in [3.8, 4) is 0 Å². The Labute approximate surface area is 228 Å². The van der Waals surface area contributed by atoms with Gasteiger partial charge in [-0.3, -0.25) is 0 Å². The first kappa shape index (κ1) is 27.9. The molecule has 6 heteroatoms. The van der Waals surface area contributed by atoms with Gasteiger partial charge in [0.05, 0.1) is 13.2 Å². The molecule has 0 atom stereocenters. The molecule has 194 valence electrons. The summed E-state index contributed by atoms with van der Waals surface area (Å²) < 4.78 is 18.5. The number of benzene rings is 4. The largest absolute Gasteiger partial charge is 0.427 e. The van der Waals surface area contributed by atoms with Gasteiger partial charge in [-0.15, -0.1) is 0 Å². The van der Waals surface area contributed by atoms with Gasteiger partial charge in [0.1, 0.15) is 0 Å². The number of hydrogen-bond donors (Lipinski definition) is 1. The van der Waals surface area contributed by atoms with E-state index in [0.717, 1.165) is 34.8 Å². The Morgan fingerprint density at radius 1 is 0.605 bits per heavy atom. The summed E-state index contributed by atoms with van der Waals surface area (Å²) in [6.07, 6.45) is 1.82. The fourth-order valence-electron chi connectivity index (χ4n) is 4.58. The zero-order valence-electron chi connectivity index (χ0n) is 22.3. The molecule has 0 aliphatic carbocycles. The molecule has 0 saturated carbocycles. The van der Waals surface area contributed by atoms with Gasteiger partial charge in [0.2, 0.25) is 0 Å². The molecule has 0 aromatic heterocycles. The highest BCUT2D eigenvalue weighted by atomic mass is 16.5. The molecule has 0 unspecified atom stereocenters. The highest BCUT2D eigenvalue weighted by Gasteiger charge is 2.24. The summed E-state index contributed by atoms with van der Waals surface area (Å²) in [4.78, 5) is 0. The van der Waals surface area contributed by atoms with Gasteiger partial charge in [-0.05, 0) is 45.8 Å². The summed E-state index contributed by atoms with van der Waals surface area (Å²) in [5.41, 5.74) is 12.7. The van der Waals surface area contributed by atoms with Crippen molar-refractivity contribution in [3.63, 3.8) is 0 Å². The average molecular weight is 505 g/mol. The van der Waals surface area contributed by atoms with Gasteiger partial charge in [0.15, 0.2) is 0 Å². The minimum Gasteiger partial charge on any atom is -0.427 e. The molecule has 0 amide bonds. The quantitative estimate of drug-likeness (QED) is 0.200. The summed E-state index contributed by atoms with van der Waals surface area (Å²) in [5, 5.41) is 0. The van der Waals surface area contributed by atoms with Crippen molar-refractivity contribution in [3.05, 3.63) is 120 Å². The normalized spacial score (nSPS) is 10.9. The summed E-state index contributed by atoms with van der Waals surface area (Å²) >= 11 is 0. The van der Waals surface area contributed by atoms with Crippen LogP contribution in [0.25, 0.3) is 0 Å². The van der Waals surface area contributed by atoms with E-state index in [4.69, 9.17) is 19.8 Å². The Morgan fingerprint density at radius 2 is 1.18 bits per heavy atom. The van der Waals surface area contributed by atoms with Crippen molar-refractivity contribution in [2.45, 2.75) is 26.4 Å². The molecule has 0 aliphatic rings. The molecule has 4 rings (SSSR count). The minimum atomic E-state index is -0.117. The fraction of sp³-hybridized carbons (Fsp3) is 0.250. The van der Waals surface area contributed by atoms with Crippen LogP contribution >= 0.6 is 0 Å². The van der Waals surface area contributed by atoms with Crippen LogP contribution in [0, 0.1) is 0 Å². The van der Waals surface area contributed by atoms with E-state index in [0.29, 0.717) is 33.0 Å². The Morgan fingerprint density at radius 3 is 1.84 bits per heavy atom. The van der Waals surface area contributed by atoms with Gasteiger partial charge in [-0.1, -0.05) is 116 Å². The SMILES string of the molecule is CCCOB(c1ccccc1)c1ccccc1COCCc1ccc(B(OCCN)c2ccccc2)cc1. The molecular weight excluding hydrogens is 468 g/mol. The van der Waals surface area contributed by atoms with Gasteiger partial charge in [-0.25, -0.2) is 0 Å². The predicted molar refractivity (Wildman–Crippen MR) is 160 cm³/mol. The lowest BCUT2D eigenvalue weighted by molar-refractivity contribution is 0.124. The first-order chi connectivity index (χ1) is 18.8. The summed E-state index contributed by atoms with van der Waals surface area (Å²) in [6.45, 7) is 4.86. The Bertz CT molecular complexity index is 1210. The van der Waals surface area contributed by atoms with E-state index >= 15 is 0 Å². The van der Waals surface area contributed by atoms with Crippen molar-refractivity contribution in [2.75, 3.05) is 26.4 Å². The van der Waals surface area contributed by atoms with Crippen LogP contribution in [0.1, 0.15) is 24.5 Å². The van der Waals surface area contributed by atoms with Crippen LogP contribution in [0.2, 0.25) is 0 Å². The van der Waals surface area contributed by atoms with Crippen LogP contribution in [0.5, 0.6) is 0 Å². The lowest BCUT2D eigenvalue weighted by atomic mass is 9.54. The fourth-order valence-corrected chi connectivity index (χ4v) is 4.58. The zero-order chi connectivity index (χ0) is 26.4. The van der Waals surface area contributed by atoms with Crippen molar-refractivity contribution >= 4 is 35.7 Å². The third-order valence-electron chi connectivity index (χ3n) is 6.51. The summed E-state index contributed by atoms with van der Waals surface area (Å²) in [7, 11) is 0. The molecule has 0 bridgehead atoms. The molecule has 0 heterocycles. The second kappa shape index (κ2) is 15.3. The molecule has 0 fully saturated rings. The number of ether oxygens (including phenoxy) is 1. The van der Waals surface area contributed by atoms with Gasteiger partial charge >= 0.3 is 13.8 Å². The second-order valence-electron chi connectivity index (χ2n) is 9.35. The maximum Gasteiger partial charge on any atom is 0.362 e. The van der Waals surface area contributed by atoms with E-state index in [-0.39, 0.29) is 13.8 Å². The molecule has 4 aromatic carbocycles. The van der Waals surface area contributed by atoms with Crippen molar-refractivity contribution in [1.82, 2.24) is 0 Å². The van der Waals surface area contributed by atoms with E-state index < -0.39 is 0 Å². The first-order valence-corrected chi connectivity index (χ1v) is 13.6. The van der Waals surface area contributed by atoms with Crippen LogP contribution < -0.4 is 27.6 Å². The third kappa shape index (κ3) is 7.92.